The predicted octanol–water partition coefficient (Wildman–Crippen LogP) is 1.37. The maximum atomic E-state index is 13.0. The van der Waals surface area contributed by atoms with Crippen LogP contribution < -0.4 is 0 Å². The normalized spacial score (nSPS) is 25.0. The lowest BCUT2D eigenvalue weighted by atomic mass is 9.84. The molecular formula is C18H20FN3O3. The zero-order chi connectivity index (χ0) is 17.6. The smallest absolute Gasteiger partial charge is 0.229 e. The van der Waals surface area contributed by atoms with Crippen LogP contribution in [0.1, 0.15) is 23.9 Å². The van der Waals surface area contributed by atoms with Crippen molar-refractivity contribution in [3.8, 4) is 0 Å². The van der Waals surface area contributed by atoms with Crippen molar-refractivity contribution in [3.05, 3.63) is 53.9 Å². The average Bonchev–Trinajstić information content (AvgIpc) is 3.20. The van der Waals surface area contributed by atoms with E-state index in [0.717, 1.165) is 5.82 Å². The molecule has 25 heavy (non-hydrogen) atoms. The van der Waals surface area contributed by atoms with Crippen molar-refractivity contribution < 1.29 is 19.0 Å². The molecule has 6 nitrogen and oxygen atoms in total. The summed E-state index contributed by atoms with van der Waals surface area (Å²) < 4.78 is 20.7. The lowest BCUT2D eigenvalue weighted by Gasteiger charge is -2.47. The van der Waals surface area contributed by atoms with E-state index in [1.165, 1.54) is 12.1 Å². The summed E-state index contributed by atoms with van der Waals surface area (Å²) in [4.78, 5) is 18.8. The summed E-state index contributed by atoms with van der Waals surface area (Å²) in [5.41, 5.74) is -0.483. The van der Waals surface area contributed by atoms with Gasteiger partial charge >= 0.3 is 0 Å². The van der Waals surface area contributed by atoms with E-state index in [1.807, 2.05) is 17.8 Å². The number of aliphatic hydroxyl groups is 1. The molecule has 1 aromatic carbocycles. The average molecular weight is 345 g/mol. The summed E-state index contributed by atoms with van der Waals surface area (Å²) in [6.07, 6.45) is 3.80. The molecule has 0 saturated carbocycles. The highest BCUT2D eigenvalue weighted by atomic mass is 19.1. The highest BCUT2D eigenvalue weighted by Crippen LogP contribution is 2.39. The molecule has 1 aromatic heterocycles. The Morgan fingerprint density at radius 2 is 2.08 bits per heavy atom. The van der Waals surface area contributed by atoms with Gasteiger partial charge in [-0.1, -0.05) is 12.1 Å². The Morgan fingerprint density at radius 1 is 1.36 bits per heavy atom. The number of benzene rings is 1. The fraction of sp³-hybridized carbons (Fsp3) is 0.444. The fourth-order valence-electron chi connectivity index (χ4n) is 3.67. The first kappa shape index (κ1) is 16.2. The summed E-state index contributed by atoms with van der Waals surface area (Å²) in [5.74, 6) is 0.0712. The van der Waals surface area contributed by atoms with Gasteiger partial charge in [-0.3, -0.25) is 4.79 Å². The molecule has 2 aliphatic heterocycles. The number of likely N-dealkylation sites (tertiary alicyclic amines) is 1. The highest BCUT2D eigenvalue weighted by molar-refractivity contribution is 5.81. The maximum absolute atomic E-state index is 13.0. The zero-order valence-corrected chi connectivity index (χ0v) is 13.9. The van der Waals surface area contributed by atoms with Crippen molar-refractivity contribution in [1.82, 2.24) is 14.5 Å². The van der Waals surface area contributed by atoms with Gasteiger partial charge in [0, 0.05) is 26.0 Å². The number of halogens is 1. The summed E-state index contributed by atoms with van der Waals surface area (Å²) >= 11 is 0. The van der Waals surface area contributed by atoms with Crippen LogP contribution >= 0.6 is 0 Å². The second-order valence-corrected chi connectivity index (χ2v) is 6.82. The molecule has 0 spiro atoms. The van der Waals surface area contributed by atoms with E-state index < -0.39 is 5.60 Å². The molecule has 0 radical (unpaired) electrons. The van der Waals surface area contributed by atoms with Crippen LogP contribution in [0, 0.1) is 11.7 Å². The van der Waals surface area contributed by atoms with E-state index in [2.05, 4.69) is 4.98 Å². The zero-order valence-electron chi connectivity index (χ0n) is 13.9. The van der Waals surface area contributed by atoms with Crippen LogP contribution in [0.3, 0.4) is 0 Å². The number of ether oxygens (including phenoxy) is 1. The standard InChI is InChI=1S/C18H20FN3O3/c1-21-8-7-20-16(21)15-14(6-9-25-15)17(23)22-10-18(24,11-22)12-2-4-13(19)5-3-12/h2-5,7-8,14-15,24H,6,9-11H2,1H3/t14-,15-/m1/s1. The molecule has 2 aliphatic rings. The number of carbonyl (C=O) groups excluding carboxylic acids is 1. The Balaban J connectivity index is 1.46. The number of rotatable bonds is 3. The van der Waals surface area contributed by atoms with Crippen LogP contribution in [0.2, 0.25) is 0 Å². The van der Waals surface area contributed by atoms with Crippen LogP contribution in [-0.2, 0) is 22.2 Å². The number of carbonyl (C=O) groups is 1. The highest BCUT2D eigenvalue weighted by Gasteiger charge is 2.49. The quantitative estimate of drug-likeness (QED) is 0.912. The molecule has 2 atom stereocenters. The van der Waals surface area contributed by atoms with Gasteiger partial charge in [0.15, 0.2) is 0 Å². The molecule has 7 heteroatoms. The van der Waals surface area contributed by atoms with Gasteiger partial charge < -0.3 is 19.3 Å². The molecule has 2 saturated heterocycles. The summed E-state index contributed by atoms with van der Waals surface area (Å²) in [6.45, 7) is 0.937. The van der Waals surface area contributed by atoms with E-state index in [0.29, 0.717) is 18.6 Å². The largest absolute Gasteiger partial charge is 0.381 e. The molecule has 0 bridgehead atoms. The van der Waals surface area contributed by atoms with Crippen LogP contribution in [-0.4, -0.2) is 45.2 Å². The topological polar surface area (TPSA) is 67.6 Å². The van der Waals surface area contributed by atoms with E-state index in [-0.39, 0.29) is 36.8 Å². The molecule has 4 rings (SSSR count). The Morgan fingerprint density at radius 3 is 2.72 bits per heavy atom. The van der Waals surface area contributed by atoms with Crippen molar-refractivity contribution in [2.24, 2.45) is 13.0 Å². The number of aromatic nitrogens is 2. The Bertz CT molecular complexity index is 783. The molecule has 1 amide bonds. The lowest BCUT2D eigenvalue weighted by molar-refractivity contribution is -0.163. The Hall–Kier alpha value is -2.25. The van der Waals surface area contributed by atoms with Gasteiger partial charge in [-0.2, -0.15) is 0 Å². The molecule has 0 unspecified atom stereocenters. The van der Waals surface area contributed by atoms with Crippen LogP contribution in [0.25, 0.3) is 0 Å². The number of hydrogen-bond acceptors (Lipinski definition) is 4. The second kappa shape index (κ2) is 5.93. The number of amides is 1. The van der Waals surface area contributed by atoms with E-state index in [4.69, 9.17) is 4.74 Å². The lowest BCUT2D eigenvalue weighted by Crippen LogP contribution is -2.62. The predicted molar refractivity (Wildman–Crippen MR) is 86.9 cm³/mol. The number of hydrogen-bond donors (Lipinski definition) is 1. The second-order valence-electron chi connectivity index (χ2n) is 6.82. The van der Waals surface area contributed by atoms with Crippen molar-refractivity contribution >= 4 is 5.91 Å². The van der Waals surface area contributed by atoms with Gasteiger partial charge in [0.1, 0.15) is 23.3 Å². The van der Waals surface area contributed by atoms with Crippen molar-refractivity contribution in [3.63, 3.8) is 0 Å². The third-order valence-electron chi connectivity index (χ3n) is 5.12. The van der Waals surface area contributed by atoms with Crippen molar-refractivity contribution in [2.45, 2.75) is 18.1 Å². The SMILES string of the molecule is Cn1ccnc1[C@@H]1OCC[C@H]1C(=O)N1CC(O)(c2ccc(F)cc2)C1. The third kappa shape index (κ3) is 2.73. The molecule has 3 heterocycles. The van der Waals surface area contributed by atoms with Crippen LogP contribution in [0.5, 0.6) is 0 Å². The summed E-state index contributed by atoms with van der Waals surface area (Å²) in [5, 5.41) is 10.7. The van der Waals surface area contributed by atoms with Crippen molar-refractivity contribution in [1.29, 1.82) is 0 Å². The number of β-amino-alcohol motifs (C(OH)–C–C–N with tert-alkyl or cyclic N) is 1. The first-order valence-electron chi connectivity index (χ1n) is 8.34. The fourth-order valence-corrected chi connectivity index (χ4v) is 3.67. The number of nitrogens with zero attached hydrogens (tertiary/aromatic N) is 3. The maximum Gasteiger partial charge on any atom is 0.229 e. The molecule has 0 aliphatic carbocycles. The molecule has 2 fully saturated rings. The summed E-state index contributed by atoms with van der Waals surface area (Å²) in [6, 6.07) is 5.76. The van der Waals surface area contributed by atoms with Gasteiger partial charge in [0.25, 0.3) is 0 Å². The van der Waals surface area contributed by atoms with Gasteiger partial charge in [-0.15, -0.1) is 0 Å². The van der Waals surface area contributed by atoms with Gasteiger partial charge in [-0.05, 0) is 24.1 Å². The first-order chi connectivity index (χ1) is 12.0. The van der Waals surface area contributed by atoms with Crippen molar-refractivity contribution in [2.75, 3.05) is 19.7 Å². The summed E-state index contributed by atoms with van der Waals surface area (Å²) in [7, 11) is 1.88. The molecule has 1 N–H and O–H groups in total. The number of imidazole rings is 1. The van der Waals surface area contributed by atoms with Gasteiger partial charge in [0.2, 0.25) is 5.91 Å². The number of aryl methyl sites for hydroxylation is 1. The van der Waals surface area contributed by atoms with Crippen LogP contribution in [0.4, 0.5) is 4.39 Å². The molecular weight excluding hydrogens is 325 g/mol. The van der Waals surface area contributed by atoms with E-state index >= 15 is 0 Å². The first-order valence-corrected chi connectivity index (χ1v) is 8.34. The third-order valence-corrected chi connectivity index (χ3v) is 5.12. The van der Waals surface area contributed by atoms with Crippen LogP contribution in [0.15, 0.2) is 36.7 Å². The minimum atomic E-state index is -1.11. The molecule has 2 aromatic rings. The minimum absolute atomic E-state index is 0.0303. The van der Waals surface area contributed by atoms with E-state index in [9.17, 15) is 14.3 Å². The van der Waals surface area contributed by atoms with E-state index in [1.54, 1.807) is 23.2 Å². The monoisotopic (exact) mass is 345 g/mol. The van der Waals surface area contributed by atoms with Gasteiger partial charge in [0.05, 0.1) is 19.0 Å². The minimum Gasteiger partial charge on any atom is -0.381 e. The Labute approximate surface area is 144 Å². The Kier molecular flexibility index (Phi) is 3.85. The van der Waals surface area contributed by atoms with Gasteiger partial charge in [-0.25, -0.2) is 9.37 Å². The molecule has 132 valence electrons.